The van der Waals surface area contributed by atoms with Gasteiger partial charge in [0.15, 0.2) is 11.5 Å². The molecular weight excluding hydrogens is 508 g/mol. The molecule has 1 aliphatic rings. The van der Waals surface area contributed by atoms with Crippen molar-refractivity contribution in [1.82, 2.24) is 5.01 Å². The predicted octanol–water partition coefficient (Wildman–Crippen LogP) is 6.46. The van der Waals surface area contributed by atoms with E-state index in [4.69, 9.17) is 4.74 Å². The third-order valence-corrected chi connectivity index (χ3v) is 7.44. The maximum Gasteiger partial charge on any atom is 0.387 e. The van der Waals surface area contributed by atoms with Crippen molar-refractivity contribution >= 4 is 45.6 Å². The molecule has 7 nitrogen and oxygen atoms in total. The van der Waals surface area contributed by atoms with E-state index < -0.39 is 6.61 Å². The van der Waals surface area contributed by atoms with Crippen molar-refractivity contribution in [3.8, 4) is 11.5 Å². The highest BCUT2D eigenvalue weighted by atomic mass is 32.2. The average molecular weight is 532 g/mol. The largest absolute Gasteiger partial charge is 0.493 e. The average Bonchev–Trinajstić information content (AvgIpc) is 3.41. The second kappa shape index (κ2) is 11.5. The van der Waals surface area contributed by atoms with Crippen molar-refractivity contribution in [2.75, 3.05) is 12.4 Å². The summed E-state index contributed by atoms with van der Waals surface area (Å²) in [6.45, 7) is -0.865. The van der Waals surface area contributed by atoms with Crippen LogP contribution in [0.15, 0.2) is 65.1 Å². The molecule has 0 aliphatic carbocycles. The molecule has 1 N–H and O–H groups in total. The number of methoxy groups -OCH3 is 1. The number of benzene rings is 2. The molecule has 0 radical (unpaired) electrons. The molecular formula is C25H23F2N3O4S2. The van der Waals surface area contributed by atoms with E-state index in [1.165, 1.54) is 35.6 Å². The Hall–Kier alpha value is -3.44. The van der Waals surface area contributed by atoms with Crippen molar-refractivity contribution in [2.45, 2.75) is 31.8 Å². The molecule has 0 spiro atoms. The Morgan fingerprint density at radius 3 is 2.58 bits per heavy atom. The molecule has 1 aromatic heterocycles. The molecule has 1 unspecified atom stereocenters. The van der Waals surface area contributed by atoms with E-state index >= 15 is 0 Å². The number of anilines is 1. The fourth-order valence-corrected chi connectivity index (χ4v) is 5.14. The summed E-state index contributed by atoms with van der Waals surface area (Å²) in [5, 5.41) is 10.2. The first-order valence-corrected chi connectivity index (χ1v) is 12.8. The topological polar surface area (TPSA) is 80.2 Å². The van der Waals surface area contributed by atoms with Crippen LogP contribution in [-0.4, -0.2) is 40.8 Å². The van der Waals surface area contributed by atoms with E-state index in [-0.39, 0.29) is 34.4 Å². The molecule has 2 heterocycles. The quantitative estimate of drug-likeness (QED) is 0.343. The number of carbonyl (C=O) groups excluding carboxylic acids is 2. The molecule has 2 aromatic carbocycles. The van der Waals surface area contributed by atoms with Gasteiger partial charge in [-0.15, -0.1) is 11.3 Å². The van der Waals surface area contributed by atoms with Gasteiger partial charge in [-0.25, -0.2) is 5.01 Å². The van der Waals surface area contributed by atoms with E-state index in [1.54, 1.807) is 24.3 Å². The zero-order valence-corrected chi connectivity index (χ0v) is 21.1. The Bertz CT molecular complexity index is 1250. The van der Waals surface area contributed by atoms with Gasteiger partial charge in [0, 0.05) is 11.3 Å². The van der Waals surface area contributed by atoms with Crippen LogP contribution in [0.5, 0.6) is 11.5 Å². The van der Waals surface area contributed by atoms with Crippen molar-refractivity contribution in [3.05, 3.63) is 76.0 Å². The van der Waals surface area contributed by atoms with Gasteiger partial charge >= 0.3 is 11.9 Å². The number of alkyl halides is 2. The Morgan fingerprint density at radius 2 is 1.94 bits per heavy atom. The van der Waals surface area contributed by atoms with Gasteiger partial charge in [-0.05, 0) is 53.8 Å². The normalized spacial score (nSPS) is 15.6. The number of carbonyl (C=O) groups is 2. The highest BCUT2D eigenvalue weighted by Crippen LogP contribution is 2.34. The summed E-state index contributed by atoms with van der Waals surface area (Å²) in [7, 11) is 1.37. The maximum atomic E-state index is 12.9. The molecule has 11 heteroatoms. The molecule has 2 amide bonds. The van der Waals surface area contributed by atoms with Gasteiger partial charge in [-0.3, -0.25) is 9.59 Å². The second-order valence-corrected chi connectivity index (χ2v) is 9.80. The molecule has 1 atom stereocenters. The number of nitrogens with one attached hydrogen (secondary N) is 1. The van der Waals surface area contributed by atoms with Crippen molar-refractivity contribution < 1.29 is 27.8 Å². The van der Waals surface area contributed by atoms with Crippen molar-refractivity contribution in [1.29, 1.82) is 0 Å². The van der Waals surface area contributed by atoms with Gasteiger partial charge in [-0.2, -0.15) is 13.9 Å². The van der Waals surface area contributed by atoms with Crippen LogP contribution in [0.2, 0.25) is 0 Å². The minimum atomic E-state index is -3.00. The lowest BCUT2D eigenvalue weighted by Gasteiger charge is -2.28. The fraction of sp³-hybridized carbons (Fsp3) is 0.240. The number of rotatable bonds is 9. The predicted molar refractivity (Wildman–Crippen MR) is 137 cm³/mol. The number of ether oxygens (including phenoxy) is 2. The second-order valence-electron chi connectivity index (χ2n) is 7.70. The molecule has 4 rings (SSSR count). The van der Waals surface area contributed by atoms with E-state index in [0.29, 0.717) is 28.3 Å². The standard InChI is InChI=1S/C25H23F2N3O4S2/c1-3-20-22(16-8-11-18(33-2)19(13-16)34-24(26)27)29-30(25(32)36-20)14-15-6-9-17(10-7-15)28-23(31)21-5-4-12-35-21/h4-13,20,24H,3,14H2,1-2H3,(H,28,31). The lowest BCUT2D eigenvalue weighted by atomic mass is 10.0. The zero-order chi connectivity index (χ0) is 25.7. The van der Waals surface area contributed by atoms with Crippen molar-refractivity contribution in [2.24, 2.45) is 5.10 Å². The Balaban J connectivity index is 1.54. The summed E-state index contributed by atoms with van der Waals surface area (Å²) in [6, 6.07) is 15.4. The minimum absolute atomic E-state index is 0.101. The van der Waals surface area contributed by atoms with Crippen LogP contribution in [0.25, 0.3) is 0 Å². The van der Waals surface area contributed by atoms with E-state index in [1.807, 2.05) is 30.5 Å². The van der Waals surface area contributed by atoms with Crippen LogP contribution in [0, 0.1) is 0 Å². The van der Waals surface area contributed by atoms with Gasteiger partial charge in [0.25, 0.3) is 5.91 Å². The van der Waals surface area contributed by atoms with Gasteiger partial charge in [0.1, 0.15) is 0 Å². The summed E-state index contributed by atoms with van der Waals surface area (Å²) < 4.78 is 35.5. The molecule has 1 aliphatic heterocycles. The van der Waals surface area contributed by atoms with E-state index in [0.717, 1.165) is 17.3 Å². The number of thiophene rings is 1. The number of hydrazone groups is 1. The Morgan fingerprint density at radius 1 is 1.17 bits per heavy atom. The molecule has 188 valence electrons. The van der Waals surface area contributed by atoms with Crippen LogP contribution in [0.1, 0.15) is 34.1 Å². The van der Waals surface area contributed by atoms with Gasteiger partial charge in [-0.1, -0.05) is 36.9 Å². The summed E-state index contributed by atoms with van der Waals surface area (Å²) in [5.41, 5.74) is 2.60. The molecule has 0 saturated carbocycles. The van der Waals surface area contributed by atoms with E-state index in [9.17, 15) is 18.4 Å². The smallest absolute Gasteiger partial charge is 0.387 e. The van der Waals surface area contributed by atoms with Gasteiger partial charge < -0.3 is 14.8 Å². The van der Waals surface area contributed by atoms with Crippen LogP contribution in [0.3, 0.4) is 0 Å². The van der Waals surface area contributed by atoms with Crippen LogP contribution in [0.4, 0.5) is 19.3 Å². The summed E-state index contributed by atoms with van der Waals surface area (Å²) in [5.74, 6) is -0.110. The van der Waals surface area contributed by atoms with Gasteiger partial charge in [0.05, 0.1) is 29.5 Å². The zero-order valence-electron chi connectivity index (χ0n) is 19.4. The Labute approximate surface area is 215 Å². The molecule has 0 bridgehead atoms. The lowest BCUT2D eigenvalue weighted by molar-refractivity contribution is -0.0512. The van der Waals surface area contributed by atoms with Crippen LogP contribution >= 0.6 is 23.1 Å². The van der Waals surface area contributed by atoms with E-state index in [2.05, 4.69) is 15.2 Å². The molecule has 0 saturated heterocycles. The lowest BCUT2D eigenvalue weighted by Crippen LogP contribution is -2.34. The molecule has 0 fully saturated rings. The first-order valence-electron chi connectivity index (χ1n) is 11.0. The maximum absolute atomic E-state index is 12.9. The summed E-state index contributed by atoms with van der Waals surface area (Å²) in [4.78, 5) is 25.6. The number of hydrogen-bond acceptors (Lipinski definition) is 7. The highest BCUT2D eigenvalue weighted by Gasteiger charge is 2.31. The third-order valence-electron chi connectivity index (χ3n) is 5.32. The fourth-order valence-electron chi connectivity index (χ4n) is 3.58. The molecule has 36 heavy (non-hydrogen) atoms. The third kappa shape index (κ3) is 6.03. The number of amides is 2. The summed E-state index contributed by atoms with van der Waals surface area (Å²) in [6.07, 6.45) is 0.624. The van der Waals surface area contributed by atoms with Crippen LogP contribution < -0.4 is 14.8 Å². The van der Waals surface area contributed by atoms with Crippen molar-refractivity contribution in [3.63, 3.8) is 0 Å². The summed E-state index contributed by atoms with van der Waals surface area (Å²) >= 11 is 2.49. The van der Waals surface area contributed by atoms with Gasteiger partial charge in [0.2, 0.25) is 0 Å². The number of thioether (sulfide) groups is 1. The first-order chi connectivity index (χ1) is 17.4. The molecule has 3 aromatic rings. The minimum Gasteiger partial charge on any atom is -0.493 e. The Kier molecular flexibility index (Phi) is 8.21. The number of nitrogens with zero attached hydrogens (tertiary/aromatic N) is 2. The highest BCUT2D eigenvalue weighted by molar-refractivity contribution is 8.14. The number of halogens is 2. The van der Waals surface area contributed by atoms with Crippen LogP contribution in [-0.2, 0) is 6.54 Å². The first kappa shape index (κ1) is 25.6. The number of hydrogen-bond donors (Lipinski definition) is 1. The monoisotopic (exact) mass is 531 g/mol. The SMILES string of the molecule is CCC1SC(=O)N(Cc2ccc(NC(=O)c3cccs3)cc2)N=C1c1ccc(OC)c(OC(F)F)c1.